The van der Waals surface area contributed by atoms with Gasteiger partial charge in [-0.3, -0.25) is 0 Å². The first-order valence-electron chi connectivity index (χ1n) is 4.39. The summed E-state index contributed by atoms with van der Waals surface area (Å²) >= 11 is 3.31. The summed E-state index contributed by atoms with van der Waals surface area (Å²) in [4.78, 5) is 4.83. The fourth-order valence-corrected chi connectivity index (χ4v) is 3.97. The summed E-state index contributed by atoms with van der Waals surface area (Å²) in [6, 6.07) is 5.16. The minimum atomic E-state index is -3.25. The molecule has 15 heavy (non-hydrogen) atoms. The summed E-state index contributed by atoms with van der Waals surface area (Å²) < 4.78 is 24.7. The van der Waals surface area contributed by atoms with E-state index in [1.54, 1.807) is 12.1 Å². The highest BCUT2D eigenvalue weighted by Gasteiger charge is 2.36. The van der Waals surface area contributed by atoms with Crippen molar-refractivity contribution in [2.45, 2.75) is 16.6 Å². The van der Waals surface area contributed by atoms with Crippen LogP contribution in [-0.2, 0) is 21.1 Å². The van der Waals surface area contributed by atoms with Gasteiger partial charge in [0.25, 0.3) is 0 Å². The van der Waals surface area contributed by atoms with Crippen molar-refractivity contribution < 1.29 is 13.3 Å². The Morgan fingerprint density at radius 2 is 2.27 bits per heavy atom. The van der Waals surface area contributed by atoms with Gasteiger partial charge in [0.05, 0.1) is 16.8 Å². The maximum absolute atomic E-state index is 11.9. The van der Waals surface area contributed by atoms with Gasteiger partial charge < -0.3 is 4.84 Å². The molecule has 2 rings (SSSR count). The summed E-state index contributed by atoms with van der Waals surface area (Å²) in [5.41, 5.74) is 0.825. The quantitative estimate of drug-likeness (QED) is 0.827. The van der Waals surface area contributed by atoms with Gasteiger partial charge >= 0.3 is 0 Å². The topological polar surface area (TPSA) is 69.4 Å². The highest BCUT2D eigenvalue weighted by atomic mass is 79.9. The van der Waals surface area contributed by atoms with Crippen LogP contribution in [-0.4, -0.2) is 20.3 Å². The first-order valence-corrected chi connectivity index (χ1v) is 6.73. The van der Waals surface area contributed by atoms with Gasteiger partial charge in [0.15, 0.2) is 9.84 Å². The molecule has 0 fully saturated rings. The van der Waals surface area contributed by atoms with Crippen LogP contribution >= 0.6 is 15.9 Å². The molecule has 0 bridgehead atoms. The van der Waals surface area contributed by atoms with Crippen molar-refractivity contribution in [2.75, 3.05) is 6.61 Å². The van der Waals surface area contributed by atoms with Gasteiger partial charge in [-0.05, 0) is 30.2 Å². The second-order valence-corrected chi connectivity index (χ2v) is 6.57. The van der Waals surface area contributed by atoms with E-state index in [1.165, 1.54) is 0 Å². The minimum absolute atomic E-state index is 0.0363. The number of rotatable bonds is 2. The number of hydrogen-bond acceptors (Lipinski definition) is 4. The zero-order valence-corrected chi connectivity index (χ0v) is 10.2. The Kier molecular flexibility index (Phi) is 2.85. The molecular weight excluding hydrogens is 282 g/mol. The Morgan fingerprint density at radius 3 is 2.93 bits per heavy atom. The molecule has 1 atom stereocenters. The lowest BCUT2D eigenvalue weighted by molar-refractivity contribution is 0.138. The molecular formula is C9H10BrNO3S. The summed E-state index contributed by atoms with van der Waals surface area (Å²) in [5, 5.41) is -0.549. The van der Waals surface area contributed by atoms with Crippen molar-refractivity contribution in [2.24, 2.45) is 5.90 Å². The van der Waals surface area contributed by atoms with E-state index in [0.29, 0.717) is 11.3 Å². The number of sulfone groups is 1. The molecule has 0 aliphatic carbocycles. The zero-order chi connectivity index (χ0) is 11.1. The van der Waals surface area contributed by atoms with Crippen molar-refractivity contribution in [3.8, 4) is 0 Å². The molecule has 1 aliphatic rings. The monoisotopic (exact) mass is 291 g/mol. The fraction of sp³-hybridized carbons (Fsp3) is 0.333. The lowest BCUT2D eigenvalue weighted by atomic mass is 10.1. The lowest BCUT2D eigenvalue weighted by Crippen LogP contribution is -2.24. The predicted octanol–water partition coefficient (Wildman–Crippen LogP) is 1.04. The first kappa shape index (κ1) is 11.1. The molecule has 6 heteroatoms. The van der Waals surface area contributed by atoms with Crippen LogP contribution in [0.25, 0.3) is 0 Å². The van der Waals surface area contributed by atoms with Crippen LogP contribution in [0.15, 0.2) is 27.6 Å². The third-order valence-electron chi connectivity index (χ3n) is 2.50. The average Bonchev–Trinajstić information content (AvgIpc) is 2.39. The minimum Gasteiger partial charge on any atom is -0.303 e. The zero-order valence-electron chi connectivity index (χ0n) is 7.81. The molecule has 0 radical (unpaired) electrons. The largest absolute Gasteiger partial charge is 0.303 e. The standard InChI is InChI=1S/C9H10BrNO3S/c10-7-1-2-9-6(3-7)4-8(5-14-11)15(9,12)13/h1-3,8H,4-5,11H2. The van der Waals surface area contributed by atoms with Crippen molar-refractivity contribution >= 4 is 25.8 Å². The first-order chi connectivity index (χ1) is 7.05. The Balaban J connectivity index is 2.48. The fourth-order valence-electron chi connectivity index (χ4n) is 1.78. The molecule has 4 nitrogen and oxygen atoms in total. The van der Waals surface area contributed by atoms with E-state index >= 15 is 0 Å². The average molecular weight is 292 g/mol. The van der Waals surface area contributed by atoms with Gasteiger partial charge in [0.2, 0.25) is 0 Å². The molecule has 1 heterocycles. The Labute approximate surface area is 96.4 Å². The van der Waals surface area contributed by atoms with Crippen LogP contribution in [0.5, 0.6) is 0 Å². The molecule has 1 aliphatic heterocycles. The molecule has 2 N–H and O–H groups in total. The molecule has 1 unspecified atom stereocenters. The van der Waals surface area contributed by atoms with Crippen molar-refractivity contribution in [1.82, 2.24) is 0 Å². The van der Waals surface area contributed by atoms with E-state index in [4.69, 9.17) is 5.90 Å². The summed E-state index contributed by atoms with van der Waals surface area (Å²) in [5.74, 6) is 4.92. The maximum Gasteiger partial charge on any atom is 0.184 e. The number of benzene rings is 1. The maximum atomic E-state index is 11.9. The van der Waals surface area contributed by atoms with Crippen LogP contribution in [0.2, 0.25) is 0 Å². The number of halogens is 1. The predicted molar refractivity (Wildman–Crippen MR) is 59.0 cm³/mol. The van der Waals surface area contributed by atoms with E-state index in [9.17, 15) is 8.42 Å². The van der Waals surface area contributed by atoms with Crippen molar-refractivity contribution in [1.29, 1.82) is 0 Å². The Bertz CT molecular complexity index is 486. The Morgan fingerprint density at radius 1 is 1.53 bits per heavy atom. The number of hydrogen-bond donors (Lipinski definition) is 1. The van der Waals surface area contributed by atoms with Gasteiger partial charge in [0, 0.05) is 4.47 Å². The molecule has 1 aromatic rings. The summed E-state index contributed by atoms with van der Waals surface area (Å²) in [7, 11) is -3.25. The third kappa shape index (κ3) is 1.82. The third-order valence-corrected chi connectivity index (χ3v) is 5.18. The molecule has 0 saturated carbocycles. The van der Waals surface area contributed by atoms with Crippen molar-refractivity contribution in [3.63, 3.8) is 0 Å². The molecule has 0 aromatic heterocycles. The number of nitrogens with two attached hydrogens (primary N) is 1. The smallest absolute Gasteiger partial charge is 0.184 e. The van der Waals surface area contributed by atoms with Gasteiger partial charge in [-0.25, -0.2) is 14.3 Å². The molecule has 0 amide bonds. The molecule has 0 spiro atoms. The van der Waals surface area contributed by atoms with Crippen LogP contribution < -0.4 is 5.90 Å². The highest BCUT2D eigenvalue weighted by Crippen LogP contribution is 2.32. The second-order valence-electron chi connectivity index (χ2n) is 3.46. The molecule has 82 valence electrons. The van der Waals surface area contributed by atoms with Gasteiger partial charge in [-0.15, -0.1) is 0 Å². The van der Waals surface area contributed by atoms with Crippen LogP contribution in [0.4, 0.5) is 0 Å². The van der Waals surface area contributed by atoms with Gasteiger partial charge in [-0.2, -0.15) is 0 Å². The summed E-state index contributed by atoms with van der Waals surface area (Å²) in [6.07, 6.45) is 0.467. The SMILES string of the molecule is NOCC1Cc2cc(Br)ccc2S1(=O)=O. The highest BCUT2D eigenvalue weighted by molar-refractivity contribution is 9.10. The van der Waals surface area contributed by atoms with E-state index in [0.717, 1.165) is 10.0 Å². The summed E-state index contributed by atoms with van der Waals surface area (Å²) in [6.45, 7) is 0.0363. The van der Waals surface area contributed by atoms with Gasteiger partial charge in [0.1, 0.15) is 0 Å². The Hall–Kier alpha value is -0.430. The molecule has 0 saturated heterocycles. The lowest BCUT2D eigenvalue weighted by Gasteiger charge is -2.06. The van der Waals surface area contributed by atoms with E-state index in [-0.39, 0.29) is 6.61 Å². The van der Waals surface area contributed by atoms with Crippen LogP contribution in [0.3, 0.4) is 0 Å². The number of fused-ring (bicyclic) bond motifs is 1. The molecule has 1 aromatic carbocycles. The van der Waals surface area contributed by atoms with Gasteiger partial charge in [-0.1, -0.05) is 15.9 Å². The van der Waals surface area contributed by atoms with E-state index < -0.39 is 15.1 Å². The van der Waals surface area contributed by atoms with E-state index in [1.807, 2.05) is 6.07 Å². The van der Waals surface area contributed by atoms with Crippen molar-refractivity contribution in [3.05, 3.63) is 28.2 Å². The second kappa shape index (κ2) is 3.86. The van der Waals surface area contributed by atoms with E-state index in [2.05, 4.69) is 20.8 Å². The van der Waals surface area contributed by atoms with Crippen LogP contribution in [0.1, 0.15) is 5.56 Å². The van der Waals surface area contributed by atoms with Crippen LogP contribution in [0, 0.1) is 0 Å². The normalized spacial score (nSPS) is 22.7.